The van der Waals surface area contributed by atoms with E-state index in [1.54, 1.807) is 11.8 Å². The van der Waals surface area contributed by atoms with Crippen molar-refractivity contribution in [1.29, 1.82) is 0 Å². The van der Waals surface area contributed by atoms with Gasteiger partial charge in [0.15, 0.2) is 0 Å². The zero-order chi connectivity index (χ0) is 13.0. The van der Waals surface area contributed by atoms with E-state index in [2.05, 4.69) is 5.16 Å². The fraction of sp³-hybridized carbons (Fsp3) is 0.667. The Morgan fingerprint density at radius 2 is 2.11 bits per heavy atom. The van der Waals surface area contributed by atoms with E-state index < -0.39 is 0 Å². The second kappa shape index (κ2) is 6.24. The molecule has 1 aromatic rings. The highest BCUT2D eigenvalue weighted by Crippen LogP contribution is 2.19. The number of amides is 1. The van der Waals surface area contributed by atoms with Crippen LogP contribution >= 0.6 is 11.8 Å². The van der Waals surface area contributed by atoms with Gasteiger partial charge in [-0.1, -0.05) is 5.16 Å². The lowest BCUT2D eigenvalue weighted by molar-refractivity contribution is -0.132. The van der Waals surface area contributed by atoms with Crippen molar-refractivity contribution < 1.29 is 14.1 Å². The van der Waals surface area contributed by atoms with Crippen LogP contribution in [0.2, 0.25) is 0 Å². The van der Waals surface area contributed by atoms with Crippen molar-refractivity contribution in [2.24, 2.45) is 0 Å². The van der Waals surface area contributed by atoms with Crippen LogP contribution in [0.4, 0.5) is 0 Å². The van der Waals surface area contributed by atoms with Gasteiger partial charge in [0.25, 0.3) is 0 Å². The molecule has 5 nitrogen and oxygen atoms in total. The van der Waals surface area contributed by atoms with E-state index >= 15 is 0 Å². The summed E-state index contributed by atoms with van der Waals surface area (Å²) in [5.41, 5.74) is 2.02. The van der Waals surface area contributed by atoms with Crippen LogP contribution in [-0.2, 0) is 15.3 Å². The first-order valence-electron chi connectivity index (χ1n) is 6.03. The lowest BCUT2D eigenvalue weighted by Gasteiger charge is -2.26. The van der Waals surface area contributed by atoms with Gasteiger partial charge < -0.3 is 14.2 Å². The molecule has 1 amide bonds. The minimum Gasteiger partial charge on any atom is -0.378 e. The Morgan fingerprint density at radius 3 is 2.72 bits per heavy atom. The van der Waals surface area contributed by atoms with E-state index in [0.29, 0.717) is 32.1 Å². The van der Waals surface area contributed by atoms with Gasteiger partial charge in [-0.3, -0.25) is 4.79 Å². The van der Waals surface area contributed by atoms with Gasteiger partial charge in [0.2, 0.25) is 5.91 Å². The largest absolute Gasteiger partial charge is 0.378 e. The van der Waals surface area contributed by atoms with Crippen LogP contribution < -0.4 is 0 Å². The number of hydrogen-bond donors (Lipinski definition) is 0. The summed E-state index contributed by atoms with van der Waals surface area (Å²) < 4.78 is 10.3. The quantitative estimate of drug-likeness (QED) is 0.827. The summed E-state index contributed by atoms with van der Waals surface area (Å²) in [6, 6.07) is 0. The van der Waals surface area contributed by atoms with E-state index in [-0.39, 0.29) is 5.91 Å². The highest BCUT2D eigenvalue weighted by molar-refractivity contribution is 7.99. The Labute approximate surface area is 111 Å². The van der Waals surface area contributed by atoms with Crippen molar-refractivity contribution in [3.8, 4) is 0 Å². The van der Waals surface area contributed by atoms with Crippen LogP contribution in [0.15, 0.2) is 4.52 Å². The van der Waals surface area contributed by atoms with Gasteiger partial charge in [-0.2, -0.15) is 0 Å². The van der Waals surface area contributed by atoms with Crippen molar-refractivity contribution in [1.82, 2.24) is 10.1 Å². The number of hydrogen-bond acceptors (Lipinski definition) is 5. The molecule has 2 rings (SSSR count). The summed E-state index contributed by atoms with van der Waals surface area (Å²) in [7, 11) is 0. The molecule has 1 fully saturated rings. The van der Waals surface area contributed by atoms with Crippen LogP contribution in [0.1, 0.15) is 17.0 Å². The highest BCUT2D eigenvalue weighted by atomic mass is 32.2. The van der Waals surface area contributed by atoms with E-state index in [1.165, 1.54) is 0 Å². The molecule has 100 valence electrons. The zero-order valence-corrected chi connectivity index (χ0v) is 11.6. The number of aryl methyl sites for hydroxylation is 2. The number of morpholine rings is 1. The van der Waals surface area contributed by atoms with Gasteiger partial charge in [0.05, 0.1) is 24.7 Å². The number of nitrogens with zero attached hydrogens (tertiary/aromatic N) is 2. The molecule has 0 aliphatic carbocycles. The maximum atomic E-state index is 11.9. The summed E-state index contributed by atoms with van der Waals surface area (Å²) in [6.07, 6.45) is 0. The SMILES string of the molecule is Cc1noc(C)c1CSCC(=O)N1CCOCC1. The van der Waals surface area contributed by atoms with Crippen LogP contribution in [0.25, 0.3) is 0 Å². The van der Waals surface area contributed by atoms with Crippen molar-refractivity contribution in [2.75, 3.05) is 32.1 Å². The van der Waals surface area contributed by atoms with Crippen LogP contribution in [-0.4, -0.2) is 48.0 Å². The van der Waals surface area contributed by atoms with E-state index in [4.69, 9.17) is 9.26 Å². The first-order valence-corrected chi connectivity index (χ1v) is 7.19. The third kappa shape index (κ3) is 3.26. The minimum atomic E-state index is 0.190. The molecular formula is C12H18N2O3S. The monoisotopic (exact) mass is 270 g/mol. The van der Waals surface area contributed by atoms with Crippen molar-refractivity contribution in [3.05, 3.63) is 17.0 Å². The molecule has 0 radical (unpaired) electrons. The molecule has 18 heavy (non-hydrogen) atoms. The van der Waals surface area contributed by atoms with E-state index in [0.717, 1.165) is 22.8 Å². The second-order valence-electron chi connectivity index (χ2n) is 4.29. The molecule has 0 saturated carbocycles. The first-order chi connectivity index (χ1) is 8.68. The molecule has 0 atom stereocenters. The maximum absolute atomic E-state index is 11.9. The number of aromatic nitrogens is 1. The predicted octanol–water partition coefficient (Wildman–Crippen LogP) is 1.38. The maximum Gasteiger partial charge on any atom is 0.232 e. The zero-order valence-electron chi connectivity index (χ0n) is 10.8. The van der Waals surface area contributed by atoms with Gasteiger partial charge in [-0.05, 0) is 13.8 Å². The number of rotatable bonds is 4. The summed E-state index contributed by atoms with van der Waals surface area (Å²) in [4.78, 5) is 13.8. The highest BCUT2D eigenvalue weighted by Gasteiger charge is 2.17. The standard InChI is InChI=1S/C12H18N2O3S/c1-9-11(10(2)17-13-9)7-18-8-12(15)14-3-5-16-6-4-14/h3-8H2,1-2H3. The van der Waals surface area contributed by atoms with Crippen LogP contribution in [0.3, 0.4) is 0 Å². The van der Waals surface area contributed by atoms with E-state index in [1.807, 2.05) is 18.7 Å². The third-order valence-corrected chi connectivity index (χ3v) is 3.96. The van der Waals surface area contributed by atoms with Crippen LogP contribution in [0, 0.1) is 13.8 Å². The molecule has 1 aromatic heterocycles. The molecule has 1 aliphatic heterocycles. The molecule has 1 saturated heterocycles. The lowest BCUT2D eigenvalue weighted by Crippen LogP contribution is -2.41. The molecule has 2 heterocycles. The Hall–Kier alpha value is -1.01. The Morgan fingerprint density at radius 1 is 1.39 bits per heavy atom. The summed E-state index contributed by atoms with van der Waals surface area (Å²) >= 11 is 1.61. The Balaban J connectivity index is 1.76. The van der Waals surface area contributed by atoms with E-state index in [9.17, 15) is 4.79 Å². The summed E-state index contributed by atoms with van der Waals surface area (Å²) in [6.45, 7) is 6.56. The Kier molecular flexibility index (Phi) is 4.66. The van der Waals surface area contributed by atoms with Crippen molar-refractivity contribution in [3.63, 3.8) is 0 Å². The lowest BCUT2D eigenvalue weighted by atomic mass is 10.2. The number of thioether (sulfide) groups is 1. The number of carbonyl (C=O) groups is 1. The van der Waals surface area contributed by atoms with Gasteiger partial charge in [-0.25, -0.2) is 0 Å². The smallest absolute Gasteiger partial charge is 0.232 e. The Bertz CT molecular complexity index is 394. The van der Waals surface area contributed by atoms with Crippen molar-refractivity contribution >= 4 is 17.7 Å². The van der Waals surface area contributed by atoms with Gasteiger partial charge in [0, 0.05) is 24.4 Å². The predicted molar refractivity (Wildman–Crippen MR) is 69.5 cm³/mol. The molecule has 0 spiro atoms. The average Bonchev–Trinajstić information content (AvgIpc) is 2.71. The molecular weight excluding hydrogens is 252 g/mol. The molecule has 6 heteroatoms. The average molecular weight is 270 g/mol. The second-order valence-corrected chi connectivity index (χ2v) is 5.27. The topological polar surface area (TPSA) is 55.6 Å². The fourth-order valence-corrected chi connectivity index (χ4v) is 2.93. The van der Waals surface area contributed by atoms with Crippen molar-refractivity contribution in [2.45, 2.75) is 19.6 Å². The molecule has 0 bridgehead atoms. The fourth-order valence-electron chi connectivity index (χ4n) is 1.85. The van der Waals surface area contributed by atoms with Gasteiger partial charge in [0.1, 0.15) is 5.76 Å². The number of ether oxygens (including phenoxy) is 1. The minimum absolute atomic E-state index is 0.190. The van der Waals surface area contributed by atoms with Gasteiger partial charge in [-0.15, -0.1) is 11.8 Å². The first kappa shape index (κ1) is 13.4. The summed E-state index contributed by atoms with van der Waals surface area (Å²) in [5, 5.41) is 3.90. The number of carbonyl (C=O) groups excluding carboxylic acids is 1. The molecule has 1 aliphatic rings. The van der Waals surface area contributed by atoms with Gasteiger partial charge >= 0.3 is 0 Å². The normalized spacial score (nSPS) is 16.0. The summed E-state index contributed by atoms with van der Waals surface area (Å²) in [5.74, 6) is 2.32. The molecule has 0 unspecified atom stereocenters. The third-order valence-electron chi connectivity index (χ3n) is 3.02. The van der Waals surface area contributed by atoms with Crippen LogP contribution in [0.5, 0.6) is 0 Å². The molecule has 0 aromatic carbocycles. The molecule has 0 N–H and O–H groups in total.